The Kier molecular flexibility index (Phi) is 2.39. The Bertz CT molecular complexity index is 657. The zero-order chi connectivity index (χ0) is 11.1. The summed E-state index contributed by atoms with van der Waals surface area (Å²) in [5.41, 5.74) is 0.906. The Morgan fingerprint density at radius 2 is 2.00 bits per heavy atom. The molecular weight excluding hydrogens is 263 g/mol. The Labute approximate surface area is 106 Å². The molecular formula is C11H6Cl2N2S. The van der Waals surface area contributed by atoms with Crippen molar-refractivity contribution in [3.05, 3.63) is 46.0 Å². The lowest BCUT2D eigenvalue weighted by Crippen LogP contribution is -1.85. The van der Waals surface area contributed by atoms with Crippen LogP contribution in [-0.2, 0) is 0 Å². The van der Waals surface area contributed by atoms with Gasteiger partial charge in [-0.1, -0.05) is 29.3 Å². The molecule has 80 valence electrons. The maximum atomic E-state index is 6.07. The molecule has 16 heavy (non-hydrogen) atoms. The maximum Gasteiger partial charge on any atom is 0.156 e. The standard InChI is InChI=1S/C11H6Cl2N2S/c12-9-5-4-8(16-9)11-14-10(13)7-3-1-2-6-15(7)11/h1-6H. The first-order valence-electron chi connectivity index (χ1n) is 4.64. The van der Waals surface area contributed by atoms with E-state index in [9.17, 15) is 0 Å². The fourth-order valence-corrected chi connectivity index (χ4v) is 2.87. The quantitative estimate of drug-likeness (QED) is 0.641. The summed E-state index contributed by atoms with van der Waals surface area (Å²) < 4.78 is 2.71. The number of halogens is 2. The molecule has 5 heteroatoms. The van der Waals surface area contributed by atoms with Crippen LogP contribution in [0.2, 0.25) is 9.49 Å². The van der Waals surface area contributed by atoms with Crippen LogP contribution in [0.3, 0.4) is 0 Å². The summed E-state index contributed by atoms with van der Waals surface area (Å²) >= 11 is 13.5. The average Bonchev–Trinajstić information content (AvgIpc) is 2.84. The molecule has 0 saturated carbocycles. The first-order chi connectivity index (χ1) is 7.75. The SMILES string of the molecule is Clc1ccc(-c2nc(Cl)c3ccccn23)s1. The minimum Gasteiger partial charge on any atom is -0.298 e. The second-order valence-electron chi connectivity index (χ2n) is 3.29. The molecule has 0 aliphatic heterocycles. The fourth-order valence-electron chi connectivity index (χ4n) is 1.61. The third kappa shape index (κ3) is 1.52. The summed E-state index contributed by atoms with van der Waals surface area (Å²) in [6.07, 6.45) is 1.94. The van der Waals surface area contributed by atoms with Gasteiger partial charge in [-0.3, -0.25) is 4.40 Å². The van der Waals surface area contributed by atoms with E-state index < -0.39 is 0 Å². The van der Waals surface area contributed by atoms with Gasteiger partial charge >= 0.3 is 0 Å². The van der Waals surface area contributed by atoms with Crippen LogP contribution in [0.5, 0.6) is 0 Å². The molecule has 0 aromatic carbocycles. The van der Waals surface area contributed by atoms with Gasteiger partial charge in [-0.2, -0.15) is 0 Å². The van der Waals surface area contributed by atoms with E-state index in [-0.39, 0.29) is 0 Å². The van der Waals surface area contributed by atoms with E-state index in [1.165, 1.54) is 11.3 Å². The lowest BCUT2D eigenvalue weighted by atomic mass is 10.4. The number of aromatic nitrogens is 2. The third-order valence-electron chi connectivity index (χ3n) is 2.30. The van der Waals surface area contributed by atoms with Gasteiger partial charge in [0.2, 0.25) is 0 Å². The number of rotatable bonds is 1. The first-order valence-corrected chi connectivity index (χ1v) is 6.21. The van der Waals surface area contributed by atoms with Gasteiger partial charge in [0, 0.05) is 6.20 Å². The molecule has 0 radical (unpaired) electrons. The van der Waals surface area contributed by atoms with Crippen LogP contribution in [0.4, 0.5) is 0 Å². The Balaban J connectivity index is 2.32. The molecule has 3 aromatic rings. The minimum atomic E-state index is 0.514. The van der Waals surface area contributed by atoms with Gasteiger partial charge in [-0.25, -0.2) is 4.98 Å². The number of fused-ring (bicyclic) bond motifs is 1. The molecule has 3 aromatic heterocycles. The van der Waals surface area contributed by atoms with Crippen molar-refractivity contribution in [1.29, 1.82) is 0 Å². The predicted octanol–water partition coefficient (Wildman–Crippen LogP) is 4.37. The van der Waals surface area contributed by atoms with Crippen molar-refractivity contribution in [1.82, 2.24) is 9.38 Å². The van der Waals surface area contributed by atoms with E-state index in [1.807, 2.05) is 40.9 Å². The van der Waals surface area contributed by atoms with E-state index in [4.69, 9.17) is 23.2 Å². The average molecular weight is 269 g/mol. The first kappa shape index (κ1) is 10.1. The summed E-state index contributed by atoms with van der Waals surface area (Å²) in [6.45, 7) is 0. The summed E-state index contributed by atoms with van der Waals surface area (Å²) in [5.74, 6) is 0.831. The van der Waals surface area contributed by atoms with Crippen molar-refractivity contribution in [2.75, 3.05) is 0 Å². The molecule has 0 aliphatic carbocycles. The lowest BCUT2D eigenvalue weighted by molar-refractivity contribution is 1.17. The highest BCUT2D eigenvalue weighted by Crippen LogP contribution is 2.32. The molecule has 0 amide bonds. The van der Waals surface area contributed by atoms with Crippen molar-refractivity contribution in [2.45, 2.75) is 0 Å². The van der Waals surface area contributed by atoms with Gasteiger partial charge < -0.3 is 0 Å². The summed E-state index contributed by atoms with van der Waals surface area (Å²) in [4.78, 5) is 5.37. The Hall–Kier alpha value is -1.03. The molecule has 0 bridgehead atoms. The van der Waals surface area contributed by atoms with Crippen molar-refractivity contribution in [3.63, 3.8) is 0 Å². The molecule has 0 aliphatic rings. The largest absolute Gasteiger partial charge is 0.298 e. The molecule has 2 nitrogen and oxygen atoms in total. The number of thiophene rings is 1. The van der Waals surface area contributed by atoms with Crippen molar-refractivity contribution in [3.8, 4) is 10.7 Å². The van der Waals surface area contributed by atoms with E-state index in [0.29, 0.717) is 5.15 Å². The molecule has 0 N–H and O–H groups in total. The maximum absolute atomic E-state index is 6.07. The number of nitrogens with zero attached hydrogens (tertiary/aromatic N) is 2. The zero-order valence-electron chi connectivity index (χ0n) is 8.02. The monoisotopic (exact) mass is 268 g/mol. The van der Waals surface area contributed by atoms with Gasteiger partial charge in [0.25, 0.3) is 0 Å². The highest BCUT2D eigenvalue weighted by Gasteiger charge is 2.11. The van der Waals surface area contributed by atoms with E-state index >= 15 is 0 Å². The topological polar surface area (TPSA) is 17.3 Å². The van der Waals surface area contributed by atoms with Gasteiger partial charge in [0.1, 0.15) is 0 Å². The smallest absolute Gasteiger partial charge is 0.156 e. The van der Waals surface area contributed by atoms with Crippen molar-refractivity contribution < 1.29 is 0 Å². The van der Waals surface area contributed by atoms with Crippen molar-refractivity contribution in [2.24, 2.45) is 0 Å². The second kappa shape index (κ2) is 3.77. The third-order valence-corrected chi connectivity index (χ3v) is 3.80. The Morgan fingerprint density at radius 3 is 2.75 bits per heavy atom. The molecule has 3 rings (SSSR count). The molecule has 0 unspecified atom stereocenters. The van der Waals surface area contributed by atoms with E-state index in [1.54, 1.807) is 0 Å². The number of hydrogen-bond donors (Lipinski definition) is 0. The number of pyridine rings is 1. The van der Waals surface area contributed by atoms with Crippen LogP contribution in [0.15, 0.2) is 36.5 Å². The number of hydrogen-bond acceptors (Lipinski definition) is 2. The van der Waals surface area contributed by atoms with Gasteiger partial charge in [-0.05, 0) is 24.3 Å². The lowest BCUT2D eigenvalue weighted by Gasteiger charge is -1.96. The zero-order valence-corrected chi connectivity index (χ0v) is 10.4. The van der Waals surface area contributed by atoms with Crippen LogP contribution in [-0.4, -0.2) is 9.38 Å². The highest BCUT2D eigenvalue weighted by molar-refractivity contribution is 7.19. The molecule has 0 spiro atoms. The van der Waals surface area contributed by atoms with Gasteiger partial charge in [0.05, 0.1) is 14.7 Å². The highest BCUT2D eigenvalue weighted by atomic mass is 35.5. The van der Waals surface area contributed by atoms with Crippen LogP contribution < -0.4 is 0 Å². The summed E-state index contributed by atoms with van der Waals surface area (Å²) in [6, 6.07) is 9.64. The summed E-state index contributed by atoms with van der Waals surface area (Å²) in [5, 5.41) is 0.514. The predicted molar refractivity (Wildman–Crippen MR) is 68.5 cm³/mol. The summed E-state index contributed by atoms with van der Waals surface area (Å²) in [7, 11) is 0. The Morgan fingerprint density at radius 1 is 1.12 bits per heavy atom. The van der Waals surface area contributed by atoms with Crippen LogP contribution >= 0.6 is 34.5 Å². The molecule has 3 heterocycles. The normalized spacial score (nSPS) is 11.1. The molecule has 0 fully saturated rings. The molecule has 0 atom stereocenters. The van der Waals surface area contributed by atoms with E-state index in [2.05, 4.69) is 4.98 Å². The molecule has 0 saturated heterocycles. The second-order valence-corrected chi connectivity index (χ2v) is 5.36. The number of imidazole rings is 1. The van der Waals surface area contributed by atoms with Gasteiger partial charge in [0.15, 0.2) is 11.0 Å². The van der Waals surface area contributed by atoms with Crippen LogP contribution in [0.1, 0.15) is 0 Å². The van der Waals surface area contributed by atoms with Crippen LogP contribution in [0.25, 0.3) is 16.2 Å². The minimum absolute atomic E-state index is 0.514. The van der Waals surface area contributed by atoms with E-state index in [0.717, 1.165) is 20.6 Å². The van der Waals surface area contributed by atoms with Crippen LogP contribution in [0, 0.1) is 0 Å². The fraction of sp³-hybridized carbons (Fsp3) is 0. The van der Waals surface area contributed by atoms with Crippen molar-refractivity contribution >= 4 is 40.1 Å². The van der Waals surface area contributed by atoms with Gasteiger partial charge in [-0.15, -0.1) is 11.3 Å².